The smallest absolute Gasteiger partial charge is 0.320 e. The highest BCUT2D eigenvalue weighted by Gasteiger charge is 2.18. The van der Waals surface area contributed by atoms with Crippen LogP contribution in [0.15, 0.2) is 0 Å². The van der Waals surface area contributed by atoms with Crippen molar-refractivity contribution in [3.05, 3.63) is 0 Å². The molecule has 0 unspecified atom stereocenters. The summed E-state index contributed by atoms with van der Waals surface area (Å²) >= 11 is 0. The Balaban J connectivity index is 4.23. The highest BCUT2D eigenvalue weighted by atomic mass is 16.5. The molecule has 16 heavy (non-hydrogen) atoms. The third-order valence-corrected chi connectivity index (χ3v) is 1.99. The van der Waals surface area contributed by atoms with Crippen molar-refractivity contribution in [1.82, 2.24) is 4.90 Å². The second-order valence-electron chi connectivity index (χ2n) is 4.11. The van der Waals surface area contributed by atoms with Crippen LogP contribution in [0.2, 0.25) is 0 Å². The predicted octanol–water partition coefficient (Wildman–Crippen LogP) is 0.821. The summed E-state index contributed by atoms with van der Waals surface area (Å²) in [5.74, 6) is -0.682. The Morgan fingerprint density at radius 1 is 1.06 bits per heavy atom. The molecule has 0 heterocycles. The van der Waals surface area contributed by atoms with Gasteiger partial charge in [0.1, 0.15) is 0 Å². The van der Waals surface area contributed by atoms with Gasteiger partial charge >= 0.3 is 11.9 Å². The normalized spacial score (nSPS) is 11.0. The molecule has 0 aromatic heterocycles. The quantitative estimate of drug-likeness (QED) is 0.633. The maximum Gasteiger partial charge on any atom is 0.320 e. The summed E-state index contributed by atoms with van der Waals surface area (Å²) in [6, 6.07) is 0.0822. The van der Waals surface area contributed by atoms with Gasteiger partial charge in [0.05, 0.1) is 26.3 Å². The Bertz CT molecular complexity index is 238. The number of esters is 2. The molecule has 0 rings (SSSR count). The van der Waals surface area contributed by atoms with E-state index in [1.807, 2.05) is 13.8 Å². The Hall–Kier alpha value is -1.10. The summed E-state index contributed by atoms with van der Waals surface area (Å²) in [5, 5.41) is 0. The van der Waals surface area contributed by atoms with Crippen molar-refractivity contribution in [1.29, 1.82) is 0 Å². The SMILES string of the molecule is COC(=O)CN(CC(=O)OC(C)C)C(C)C. The van der Waals surface area contributed by atoms with Crippen molar-refractivity contribution >= 4 is 11.9 Å². The van der Waals surface area contributed by atoms with Crippen LogP contribution in [-0.2, 0) is 19.1 Å². The first-order chi connectivity index (χ1) is 7.36. The van der Waals surface area contributed by atoms with Crippen molar-refractivity contribution in [2.75, 3.05) is 20.2 Å². The van der Waals surface area contributed by atoms with E-state index in [1.165, 1.54) is 7.11 Å². The number of hydrogen-bond acceptors (Lipinski definition) is 5. The highest BCUT2D eigenvalue weighted by molar-refractivity contribution is 5.75. The van der Waals surface area contributed by atoms with Gasteiger partial charge < -0.3 is 9.47 Å². The molecule has 0 fully saturated rings. The molecule has 5 heteroatoms. The molecule has 0 spiro atoms. The van der Waals surface area contributed by atoms with Gasteiger partial charge in [0.2, 0.25) is 0 Å². The molecule has 94 valence electrons. The minimum Gasteiger partial charge on any atom is -0.468 e. The van der Waals surface area contributed by atoms with E-state index in [4.69, 9.17) is 4.74 Å². The topological polar surface area (TPSA) is 55.8 Å². The van der Waals surface area contributed by atoms with Crippen LogP contribution in [0, 0.1) is 0 Å². The molecule has 5 nitrogen and oxygen atoms in total. The van der Waals surface area contributed by atoms with Gasteiger partial charge in [-0.3, -0.25) is 14.5 Å². The lowest BCUT2D eigenvalue weighted by Gasteiger charge is -2.24. The minimum atomic E-state index is -0.356. The molecule has 0 saturated carbocycles. The fraction of sp³-hybridized carbons (Fsp3) is 0.818. The van der Waals surface area contributed by atoms with Crippen LogP contribution >= 0.6 is 0 Å². The molecule has 0 amide bonds. The summed E-state index contributed by atoms with van der Waals surface area (Å²) < 4.78 is 9.57. The maximum atomic E-state index is 11.4. The minimum absolute atomic E-state index is 0.0822. The third-order valence-electron chi connectivity index (χ3n) is 1.99. The van der Waals surface area contributed by atoms with Crippen LogP contribution in [0.4, 0.5) is 0 Å². The van der Waals surface area contributed by atoms with Crippen LogP contribution in [0.3, 0.4) is 0 Å². The van der Waals surface area contributed by atoms with E-state index in [0.717, 1.165) is 0 Å². The molecule has 0 radical (unpaired) electrons. The Morgan fingerprint density at radius 3 is 1.94 bits per heavy atom. The zero-order valence-corrected chi connectivity index (χ0v) is 10.6. The van der Waals surface area contributed by atoms with Crippen molar-refractivity contribution in [3.8, 4) is 0 Å². The van der Waals surface area contributed by atoms with Crippen molar-refractivity contribution < 1.29 is 19.1 Å². The average Bonchev–Trinajstić information content (AvgIpc) is 2.14. The molecule has 0 aromatic carbocycles. The summed E-state index contributed by atoms with van der Waals surface area (Å²) in [4.78, 5) is 24.2. The van der Waals surface area contributed by atoms with Gasteiger partial charge in [-0.15, -0.1) is 0 Å². The molecule has 0 saturated heterocycles. The van der Waals surface area contributed by atoms with Crippen LogP contribution in [0.25, 0.3) is 0 Å². The van der Waals surface area contributed by atoms with Crippen molar-refractivity contribution in [2.45, 2.75) is 39.8 Å². The number of rotatable bonds is 6. The lowest BCUT2D eigenvalue weighted by Crippen LogP contribution is -2.40. The maximum absolute atomic E-state index is 11.4. The number of nitrogens with zero attached hydrogens (tertiary/aromatic N) is 1. The van der Waals surface area contributed by atoms with Crippen molar-refractivity contribution in [3.63, 3.8) is 0 Å². The Kier molecular flexibility index (Phi) is 6.72. The van der Waals surface area contributed by atoms with Crippen LogP contribution in [0.5, 0.6) is 0 Å². The highest BCUT2D eigenvalue weighted by Crippen LogP contribution is 2.00. The number of carbonyl (C=O) groups excluding carboxylic acids is 2. The molecule has 0 atom stereocenters. The molecule has 0 N–H and O–H groups in total. The van der Waals surface area contributed by atoms with E-state index in [0.29, 0.717) is 0 Å². The number of carbonyl (C=O) groups is 2. The van der Waals surface area contributed by atoms with Gasteiger partial charge in [-0.25, -0.2) is 0 Å². The first-order valence-corrected chi connectivity index (χ1v) is 5.37. The molecule has 0 aliphatic heterocycles. The third kappa shape index (κ3) is 6.40. The molecule has 0 bridgehead atoms. The van der Waals surface area contributed by atoms with E-state index >= 15 is 0 Å². The zero-order chi connectivity index (χ0) is 12.7. The largest absolute Gasteiger partial charge is 0.468 e. The Morgan fingerprint density at radius 2 is 1.56 bits per heavy atom. The fourth-order valence-corrected chi connectivity index (χ4v) is 1.12. The average molecular weight is 231 g/mol. The van der Waals surface area contributed by atoms with E-state index in [-0.39, 0.29) is 37.2 Å². The monoisotopic (exact) mass is 231 g/mol. The number of ether oxygens (including phenoxy) is 2. The molecular weight excluding hydrogens is 210 g/mol. The summed E-state index contributed by atoms with van der Waals surface area (Å²) in [7, 11) is 1.33. The molecular formula is C11H21NO4. The summed E-state index contributed by atoms with van der Waals surface area (Å²) in [5.41, 5.74) is 0. The standard InChI is InChI=1S/C11H21NO4/c1-8(2)12(6-10(13)15-5)7-11(14)16-9(3)4/h8-9H,6-7H2,1-5H3. The number of hydrogen-bond donors (Lipinski definition) is 0. The predicted molar refractivity (Wildman–Crippen MR) is 60.0 cm³/mol. The summed E-state index contributed by atoms with van der Waals surface area (Å²) in [6.45, 7) is 7.60. The second kappa shape index (κ2) is 7.22. The van der Waals surface area contributed by atoms with E-state index in [1.54, 1.807) is 18.7 Å². The lowest BCUT2D eigenvalue weighted by molar-refractivity contribution is -0.151. The van der Waals surface area contributed by atoms with E-state index in [2.05, 4.69) is 4.74 Å². The lowest BCUT2D eigenvalue weighted by atomic mass is 10.3. The van der Waals surface area contributed by atoms with Crippen LogP contribution in [0.1, 0.15) is 27.7 Å². The Labute approximate surface area is 96.7 Å². The summed E-state index contributed by atoms with van der Waals surface area (Å²) in [6.07, 6.45) is -0.139. The first-order valence-electron chi connectivity index (χ1n) is 5.37. The second-order valence-corrected chi connectivity index (χ2v) is 4.11. The number of methoxy groups -OCH3 is 1. The van der Waals surface area contributed by atoms with Gasteiger partial charge in [0, 0.05) is 6.04 Å². The molecule has 0 aliphatic rings. The van der Waals surface area contributed by atoms with Gasteiger partial charge in [-0.2, -0.15) is 0 Å². The van der Waals surface area contributed by atoms with Crippen molar-refractivity contribution in [2.24, 2.45) is 0 Å². The van der Waals surface area contributed by atoms with Gasteiger partial charge in [-0.05, 0) is 27.7 Å². The van der Waals surface area contributed by atoms with Crippen LogP contribution < -0.4 is 0 Å². The van der Waals surface area contributed by atoms with E-state index < -0.39 is 0 Å². The molecule has 0 aromatic rings. The van der Waals surface area contributed by atoms with Gasteiger partial charge in [-0.1, -0.05) is 0 Å². The molecule has 0 aliphatic carbocycles. The van der Waals surface area contributed by atoms with Gasteiger partial charge in [0.15, 0.2) is 0 Å². The van der Waals surface area contributed by atoms with Crippen LogP contribution in [-0.4, -0.2) is 49.2 Å². The van der Waals surface area contributed by atoms with Gasteiger partial charge in [0.25, 0.3) is 0 Å². The zero-order valence-electron chi connectivity index (χ0n) is 10.6. The van der Waals surface area contributed by atoms with E-state index in [9.17, 15) is 9.59 Å². The first kappa shape index (κ1) is 14.9. The fourth-order valence-electron chi connectivity index (χ4n) is 1.12.